The van der Waals surface area contributed by atoms with E-state index in [1.807, 2.05) is 18.3 Å². The third kappa shape index (κ3) is 4.21. The second-order valence-electron chi connectivity index (χ2n) is 9.60. The molecule has 2 fully saturated rings. The molecular weight excluding hydrogens is 474 g/mol. The molecule has 5 rings (SSSR count). The molecule has 2 aromatic heterocycles. The van der Waals surface area contributed by atoms with Gasteiger partial charge in [-0.15, -0.1) is 0 Å². The van der Waals surface area contributed by atoms with Crippen molar-refractivity contribution in [2.45, 2.75) is 64.1 Å². The van der Waals surface area contributed by atoms with Crippen LogP contribution in [0.5, 0.6) is 5.75 Å². The van der Waals surface area contributed by atoms with Crippen LogP contribution >= 0.6 is 12.2 Å². The Bertz CT molecular complexity index is 1290. The van der Waals surface area contributed by atoms with Crippen LogP contribution in [0.25, 0.3) is 5.69 Å². The lowest BCUT2D eigenvalue weighted by Crippen LogP contribution is -2.40. The number of non-ortho nitro benzene ring substituents is 1. The summed E-state index contributed by atoms with van der Waals surface area (Å²) in [5.74, 6) is 0.461. The molecule has 8 nitrogen and oxygen atoms in total. The molecule has 3 aromatic rings. The second kappa shape index (κ2) is 9.89. The minimum Gasteiger partial charge on any atom is -0.494 e. The maximum atomic E-state index is 11.3. The van der Waals surface area contributed by atoms with E-state index in [2.05, 4.69) is 45.7 Å². The van der Waals surface area contributed by atoms with Crippen molar-refractivity contribution in [2.75, 3.05) is 7.11 Å². The molecule has 1 aromatic carbocycles. The highest BCUT2D eigenvalue weighted by atomic mass is 32.1. The van der Waals surface area contributed by atoms with E-state index in [0.717, 1.165) is 40.7 Å². The summed E-state index contributed by atoms with van der Waals surface area (Å²) in [6.07, 6.45) is 7.77. The number of rotatable bonds is 6. The van der Waals surface area contributed by atoms with E-state index in [1.54, 1.807) is 13.2 Å². The van der Waals surface area contributed by atoms with E-state index >= 15 is 0 Å². The van der Waals surface area contributed by atoms with Crippen molar-refractivity contribution in [1.29, 1.82) is 0 Å². The van der Waals surface area contributed by atoms with Crippen LogP contribution in [0.4, 0.5) is 5.69 Å². The molecule has 36 heavy (non-hydrogen) atoms. The first-order chi connectivity index (χ1) is 17.4. The number of methoxy groups -OCH3 is 1. The summed E-state index contributed by atoms with van der Waals surface area (Å²) in [6, 6.07) is 13.3. The van der Waals surface area contributed by atoms with Crippen molar-refractivity contribution in [3.8, 4) is 11.4 Å². The van der Waals surface area contributed by atoms with Crippen molar-refractivity contribution in [3.63, 3.8) is 0 Å². The van der Waals surface area contributed by atoms with E-state index in [9.17, 15) is 10.1 Å². The standard InChI is InChI=1S/C27H31N5O3S/c1-17-15-21(18(2)30(17)23-13-12-20(32(33)34)16-24(23)35-3)26-25(22-11-7-8-14-28-22)29-27(36)31(26)19-9-5-4-6-10-19/h7-8,11-16,19,25-26H,4-6,9-10H2,1-3H3,(H,29,36). The first-order valence-electron chi connectivity index (χ1n) is 12.4. The molecule has 0 radical (unpaired) electrons. The number of thiocarbonyl (C=S) groups is 1. The van der Waals surface area contributed by atoms with Crippen LogP contribution in [0.1, 0.15) is 66.8 Å². The van der Waals surface area contributed by atoms with Gasteiger partial charge < -0.3 is 19.5 Å². The van der Waals surface area contributed by atoms with E-state index in [0.29, 0.717) is 11.8 Å². The molecule has 0 amide bonds. The number of ether oxygens (including phenoxy) is 1. The highest BCUT2D eigenvalue weighted by Crippen LogP contribution is 2.45. The molecule has 1 aliphatic carbocycles. The molecule has 1 aliphatic heterocycles. The van der Waals surface area contributed by atoms with Crippen molar-refractivity contribution in [2.24, 2.45) is 0 Å². The van der Waals surface area contributed by atoms with E-state index in [-0.39, 0.29) is 17.8 Å². The van der Waals surface area contributed by atoms with Crippen molar-refractivity contribution in [1.82, 2.24) is 19.8 Å². The van der Waals surface area contributed by atoms with E-state index < -0.39 is 4.92 Å². The van der Waals surface area contributed by atoms with Gasteiger partial charge in [-0.1, -0.05) is 25.3 Å². The highest BCUT2D eigenvalue weighted by molar-refractivity contribution is 7.80. The Morgan fingerprint density at radius 3 is 2.58 bits per heavy atom. The largest absolute Gasteiger partial charge is 0.494 e. The Hall–Kier alpha value is -3.46. The number of hydrogen-bond acceptors (Lipinski definition) is 5. The van der Waals surface area contributed by atoms with Crippen LogP contribution in [-0.2, 0) is 0 Å². The van der Waals surface area contributed by atoms with Gasteiger partial charge in [0.1, 0.15) is 5.75 Å². The smallest absolute Gasteiger partial charge is 0.273 e. The minimum atomic E-state index is -0.405. The summed E-state index contributed by atoms with van der Waals surface area (Å²) in [7, 11) is 1.54. The lowest BCUT2D eigenvalue weighted by atomic mass is 9.90. The number of nitrogens with one attached hydrogen (secondary N) is 1. The molecular formula is C27H31N5O3S. The molecule has 188 valence electrons. The van der Waals surface area contributed by atoms with Gasteiger partial charge in [-0.25, -0.2) is 0 Å². The first kappa shape index (κ1) is 24.2. The van der Waals surface area contributed by atoms with Crippen LogP contribution in [-0.4, -0.2) is 37.6 Å². The van der Waals surface area contributed by atoms with Gasteiger partial charge in [0.25, 0.3) is 5.69 Å². The van der Waals surface area contributed by atoms with Gasteiger partial charge in [-0.2, -0.15) is 0 Å². The van der Waals surface area contributed by atoms with Gasteiger partial charge in [0.05, 0.1) is 41.6 Å². The molecule has 3 heterocycles. The number of nitro groups is 1. The van der Waals surface area contributed by atoms with Crippen molar-refractivity contribution in [3.05, 3.63) is 81.4 Å². The third-order valence-corrected chi connectivity index (χ3v) is 7.84. The summed E-state index contributed by atoms with van der Waals surface area (Å²) in [6.45, 7) is 4.15. The number of pyridine rings is 1. The summed E-state index contributed by atoms with van der Waals surface area (Å²) >= 11 is 5.93. The van der Waals surface area contributed by atoms with Crippen LogP contribution in [0.2, 0.25) is 0 Å². The predicted octanol–water partition coefficient (Wildman–Crippen LogP) is 5.71. The normalized spacial score (nSPS) is 20.4. The zero-order chi connectivity index (χ0) is 25.4. The maximum absolute atomic E-state index is 11.3. The second-order valence-corrected chi connectivity index (χ2v) is 9.99. The van der Waals surface area contributed by atoms with E-state index in [4.69, 9.17) is 17.0 Å². The number of aryl methyl sites for hydroxylation is 1. The summed E-state index contributed by atoms with van der Waals surface area (Å²) in [4.78, 5) is 18.0. The quantitative estimate of drug-likeness (QED) is 0.261. The van der Waals surface area contributed by atoms with Gasteiger partial charge in [0.2, 0.25) is 0 Å². The topological polar surface area (TPSA) is 85.5 Å². The fourth-order valence-electron chi connectivity index (χ4n) is 5.87. The Kier molecular flexibility index (Phi) is 6.66. The van der Waals surface area contributed by atoms with Crippen LogP contribution in [0, 0.1) is 24.0 Å². The van der Waals surface area contributed by atoms with Crippen LogP contribution < -0.4 is 10.1 Å². The number of nitrogens with zero attached hydrogens (tertiary/aromatic N) is 4. The average Bonchev–Trinajstić information content (AvgIpc) is 3.39. The SMILES string of the molecule is COc1cc([N+](=O)[O-])ccc1-n1c(C)cc(C2C(c3ccccn3)NC(=S)N2C2CCCCC2)c1C. The molecule has 9 heteroatoms. The number of hydrogen-bond donors (Lipinski definition) is 1. The van der Waals surface area contributed by atoms with Gasteiger partial charge in [0.15, 0.2) is 5.11 Å². The van der Waals surface area contributed by atoms with Crippen molar-refractivity contribution < 1.29 is 9.66 Å². The first-order valence-corrected chi connectivity index (χ1v) is 12.8. The fourth-order valence-corrected chi connectivity index (χ4v) is 6.26. The number of nitro benzene ring substituents is 1. The van der Waals surface area contributed by atoms with Crippen LogP contribution in [0.15, 0.2) is 48.7 Å². The Morgan fingerprint density at radius 1 is 1.14 bits per heavy atom. The predicted molar refractivity (Wildman–Crippen MR) is 143 cm³/mol. The average molecular weight is 506 g/mol. The fraction of sp³-hybridized carbons (Fsp3) is 0.407. The van der Waals surface area contributed by atoms with Crippen LogP contribution in [0.3, 0.4) is 0 Å². The maximum Gasteiger partial charge on any atom is 0.273 e. The van der Waals surface area contributed by atoms with Gasteiger partial charge in [-0.3, -0.25) is 15.1 Å². The molecule has 1 N–H and O–H groups in total. The zero-order valence-electron chi connectivity index (χ0n) is 20.8. The summed E-state index contributed by atoms with van der Waals surface area (Å²) < 4.78 is 7.70. The molecule has 1 saturated carbocycles. The number of aromatic nitrogens is 2. The van der Waals surface area contributed by atoms with Gasteiger partial charge in [0, 0.05) is 29.7 Å². The monoisotopic (exact) mass is 505 g/mol. The number of benzene rings is 1. The minimum absolute atomic E-state index is 0.00215. The summed E-state index contributed by atoms with van der Waals surface area (Å²) in [5.41, 5.74) is 4.98. The molecule has 0 spiro atoms. The highest BCUT2D eigenvalue weighted by Gasteiger charge is 2.44. The Labute approximate surface area is 216 Å². The van der Waals surface area contributed by atoms with Crippen molar-refractivity contribution >= 4 is 23.0 Å². The van der Waals surface area contributed by atoms with Gasteiger partial charge in [-0.05, 0) is 68.7 Å². The zero-order valence-corrected chi connectivity index (χ0v) is 21.6. The Morgan fingerprint density at radius 2 is 1.92 bits per heavy atom. The molecule has 2 unspecified atom stereocenters. The summed E-state index contributed by atoms with van der Waals surface area (Å²) in [5, 5.41) is 15.7. The lowest BCUT2D eigenvalue weighted by molar-refractivity contribution is -0.384. The molecule has 0 bridgehead atoms. The van der Waals surface area contributed by atoms with Gasteiger partial charge >= 0.3 is 0 Å². The van der Waals surface area contributed by atoms with E-state index in [1.165, 1.54) is 37.0 Å². The lowest BCUT2D eigenvalue weighted by Gasteiger charge is -2.37. The molecule has 2 aliphatic rings. The third-order valence-electron chi connectivity index (χ3n) is 7.51. The Balaban J connectivity index is 1.63. The molecule has 1 saturated heterocycles. The molecule has 2 atom stereocenters.